The van der Waals surface area contributed by atoms with Crippen molar-refractivity contribution in [2.75, 3.05) is 0 Å². The second kappa shape index (κ2) is 4.12. The van der Waals surface area contributed by atoms with Crippen LogP contribution in [0.5, 0.6) is 0 Å². The highest BCUT2D eigenvalue weighted by Gasteiger charge is 2.25. The first-order valence-corrected chi connectivity index (χ1v) is 5.66. The van der Waals surface area contributed by atoms with Crippen molar-refractivity contribution < 1.29 is 0 Å². The summed E-state index contributed by atoms with van der Waals surface area (Å²) >= 11 is 0. The van der Waals surface area contributed by atoms with Gasteiger partial charge in [0.25, 0.3) is 0 Å². The van der Waals surface area contributed by atoms with Crippen LogP contribution in [0.15, 0.2) is 24.4 Å². The van der Waals surface area contributed by atoms with E-state index in [-0.39, 0.29) is 0 Å². The van der Waals surface area contributed by atoms with E-state index in [9.17, 15) is 0 Å². The molecule has 1 heterocycles. The van der Waals surface area contributed by atoms with Gasteiger partial charge in [-0.15, -0.1) is 0 Å². The highest BCUT2D eigenvalue weighted by atomic mass is 14.7. The Morgan fingerprint density at radius 3 is 2.36 bits per heavy atom. The van der Waals surface area contributed by atoms with Gasteiger partial charge in [0.2, 0.25) is 0 Å². The Hall–Kier alpha value is -0.850. The lowest BCUT2D eigenvalue weighted by Gasteiger charge is -2.30. The van der Waals surface area contributed by atoms with Crippen LogP contribution in [0.25, 0.3) is 0 Å². The molecule has 0 N–H and O–H groups in total. The highest BCUT2D eigenvalue weighted by molar-refractivity contribution is 5.10. The molecule has 1 nitrogen and oxygen atoms in total. The van der Waals surface area contributed by atoms with Crippen LogP contribution in [0.3, 0.4) is 0 Å². The number of nitrogens with zero attached hydrogens (tertiary/aromatic N) is 1. The molecule has 0 bridgehead atoms. The zero-order chi connectivity index (χ0) is 9.97. The van der Waals surface area contributed by atoms with Gasteiger partial charge in [0.05, 0.1) is 0 Å². The predicted molar refractivity (Wildman–Crippen MR) is 59.2 cm³/mol. The van der Waals surface area contributed by atoms with E-state index in [1.165, 1.54) is 25.0 Å². The molecule has 0 saturated heterocycles. The molecule has 0 spiro atoms. The van der Waals surface area contributed by atoms with E-state index in [1.807, 2.05) is 12.3 Å². The SMILES string of the molecule is CC1CC(C)CC(c2ccccn2)C1. The van der Waals surface area contributed by atoms with Crippen molar-refractivity contribution in [3.05, 3.63) is 30.1 Å². The molecule has 76 valence electrons. The maximum absolute atomic E-state index is 4.47. The first-order chi connectivity index (χ1) is 6.75. The number of rotatable bonds is 1. The zero-order valence-electron chi connectivity index (χ0n) is 9.11. The molecule has 1 aliphatic carbocycles. The quantitative estimate of drug-likeness (QED) is 0.657. The van der Waals surface area contributed by atoms with Gasteiger partial charge in [-0.3, -0.25) is 4.98 Å². The summed E-state index contributed by atoms with van der Waals surface area (Å²) in [5.41, 5.74) is 1.30. The van der Waals surface area contributed by atoms with Crippen molar-refractivity contribution >= 4 is 0 Å². The molecular weight excluding hydrogens is 170 g/mol. The topological polar surface area (TPSA) is 12.9 Å². The summed E-state index contributed by atoms with van der Waals surface area (Å²) in [7, 11) is 0. The fourth-order valence-corrected chi connectivity index (χ4v) is 2.81. The molecule has 1 heteroatoms. The largest absolute Gasteiger partial charge is 0.261 e. The van der Waals surface area contributed by atoms with Crippen molar-refractivity contribution in [3.8, 4) is 0 Å². The average Bonchev–Trinajstić information content (AvgIpc) is 2.18. The van der Waals surface area contributed by atoms with Crippen molar-refractivity contribution in [3.63, 3.8) is 0 Å². The Morgan fingerprint density at radius 2 is 1.79 bits per heavy atom. The average molecular weight is 189 g/mol. The van der Waals surface area contributed by atoms with Crippen LogP contribution in [0, 0.1) is 11.8 Å². The fraction of sp³-hybridized carbons (Fsp3) is 0.615. The first kappa shape index (κ1) is 9.70. The van der Waals surface area contributed by atoms with Crippen LogP contribution in [0.4, 0.5) is 0 Å². The van der Waals surface area contributed by atoms with Crippen LogP contribution in [-0.4, -0.2) is 4.98 Å². The predicted octanol–water partition coefficient (Wildman–Crippen LogP) is 3.62. The molecule has 0 radical (unpaired) electrons. The molecule has 0 aromatic carbocycles. The third-order valence-electron chi connectivity index (χ3n) is 3.28. The van der Waals surface area contributed by atoms with Crippen molar-refractivity contribution in [2.24, 2.45) is 11.8 Å². The standard InChI is InChI=1S/C13H19N/c1-10-7-11(2)9-12(8-10)13-5-3-4-6-14-13/h3-6,10-12H,7-9H2,1-2H3. The Balaban J connectivity index is 2.11. The molecule has 2 atom stereocenters. The minimum absolute atomic E-state index is 0.704. The summed E-state index contributed by atoms with van der Waals surface area (Å²) < 4.78 is 0. The van der Waals surface area contributed by atoms with Gasteiger partial charge in [0, 0.05) is 17.8 Å². The molecule has 1 saturated carbocycles. The van der Waals surface area contributed by atoms with Crippen molar-refractivity contribution in [2.45, 2.75) is 39.0 Å². The molecule has 1 aromatic heterocycles. The fourth-order valence-electron chi connectivity index (χ4n) is 2.81. The lowest BCUT2D eigenvalue weighted by molar-refractivity contribution is 0.265. The summed E-state index contributed by atoms with van der Waals surface area (Å²) in [6.45, 7) is 4.73. The Morgan fingerprint density at radius 1 is 1.07 bits per heavy atom. The molecule has 1 fully saturated rings. The van der Waals surface area contributed by atoms with Gasteiger partial charge in [-0.1, -0.05) is 19.9 Å². The van der Waals surface area contributed by atoms with Gasteiger partial charge >= 0.3 is 0 Å². The van der Waals surface area contributed by atoms with E-state index in [2.05, 4.69) is 31.0 Å². The summed E-state index contributed by atoms with van der Waals surface area (Å²) in [5, 5.41) is 0. The summed E-state index contributed by atoms with van der Waals surface area (Å²) in [5.74, 6) is 2.44. The zero-order valence-corrected chi connectivity index (χ0v) is 9.11. The monoisotopic (exact) mass is 189 g/mol. The van der Waals surface area contributed by atoms with Crippen molar-refractivity contribution in [1.82, 2.24) is 4.98 Å². The lowest BCUT2D eigenvalue weighted by atomic mass is 9.75. The van der Waals surface area contributed by atoms with Gasteiger partial charge in [-0.25, -0.2) is 0 Å². The molecule has 14 heavy (non-hydrogen) atoms. The maximum atomic E-state index is 4.47. The molecule has 0 amide bonds. The van der Waals surface area contributed by atoms with Crippen LogP contribution in [-0.2, 0) is 0 Å². The van der Waals surface area contributed by atoms with E-state index in [0.29, 0.717) is 5.92 Å². The third-order valence-corrected chi connectivity index (χ3v) is 3.28. The second-order valence-corrected chi connectivity index (χ2v) is 4.87. The smallest absolute Gasteiger partial charge is 0.0434 e. The van der Waals surface area contributed by atoms with E-state index in [0.717, 1.165) is 11.8 Å². The Labute approximate surface area is 86.6 Å². The molecule has 0 aliphatic heterocycles. The normalized spacial score (nSPS) is 32.9. The Kier molecular flexibility index (Phi) is 2.85. The van der Waals surface area contributed by atoms with E-state index in [4.69, 9.17) is 0 Å². The van der Waals surface area contributed by atoms with E-state index < -0.39 is 0 Å². The Bertz CT molecular complexity index is 271. The summed E-state index contributed by atoms with van der Waals surface area (Å²) in [6, 6.07) is 6.28. The van der Waals surface area contributed by atoms with E-state index in [1.54, 1.807) is 0 Å². The summed E-state index contributed by atoms with van der Waals surface area (Å²) in [6.07, 6.45) is 5.95. The third kappa shape index (κ3) is 2.14. The lowest BCUT2D eigenvalue weighted by Crippen LogP contribution is -2.18. The molecule has 2 unspecified atom stereocenters. The molecule has 1 aromatic rings. The van der Waals surface area contributed by atoms with Crippen molar-refractivity contribution in [1.29, 1.82) is 0 Å². The van der Waals surface area contributed by atoms with E-state index >= 15 is 0 Å². The molecule has 1 aliphatic rings. The van der Waals surface area contributed by atoms with Crippen LogP contribution < -0.4 is 0 Å². The minimum atomic E-state index is 0.704. The number of aromatic nitrogens is 1. The van der Waals surface area contributed by atoms with Gasteiger partial charge in [-0.2, -0.15) is 0 Å². The number of hydrogen-bond donors (Lipinski definition) is 0. The number of pyridine rings is 1. The minimum Gasteiger partial charge on any atom is -0.261 e. The van der Waals surface area contributed by atoms with Crippen LogP contribution >= 0.6 is 0 Å². The first-order valence-electron chi connectivity index (χ1n) is 5.66. The van der Waals surface area contributed by atoms with Gasteiger partial charge in [0.15, 0.2) is 0 Å². The van der Waals surface area contributed by atoms with Crippen LogP contribution in [0.2, 0.25) is 0 Å². The van der Waals surface area contributed by atoms with Gasteiger partial charge < -0.3 is 0 Å². The highest BCUT2D eigenvalue weighted by Crippen LogP contribution is 2.37. The molecular formula is C13H19N. The van der Waals surface area contributed by atoms with Gasteiger partial charge in [-0.05, 0) is 43.2 Å². The van der Waals surface area contributed by atoms with Gasteiger partial charge in [0.1, 0.15) is 0 Å². The molecule has 2 rings (SSSR count). The second-order valence-electron chi connectivity index (χ2n) is 4.87. The van der Waals surface area contributed by atoms with Crippen LogP contribution in [0.1, 0.15) is 44.7 Å². The summed E-state index contributed by atoms with van der Waals surface area (Å²) in [4.78, 5) is 4.47. The number of hydrogen-bond acceptors (Lipinski definition) is 1. The maximum Gasteiger partial charge on any atom is 0.0434 e.